The molecule has 0 saturated carbocycles. The number of hydrogen-bond donors (Lipinski definition) is 1. The van der Waals surface area contributed by atoms with Gasteiger partial charge in [-0.2, -0.15) is 0 Å². The Labute approximate surface area is 136 Å². The van der Waals surface area contributed by atoms with Crippen molar-refractivity contribution in [3.8, 4) is 0 Å². The summed E-state index contributed by atoms with van der Waals surface area (Å²) in [5.41, 5.74) is 1.47. The van der Waals surface area contributed by atoms with E-state index in [1.165, 1.54) is 12.1 Å². The van der Waals surface area contributed by atoms with Crippen LogP contribution >= 0.6 is 15.9 Å². The van der Waals surface area contributed by atoms with Crippen LogP contribution in [-0.2, 0) is 17.6 Å². The summed E-state index contributed by atoms with van der Waals surface area (Å²) in [5, 5.41) is 2.78. The lowest BCUT2D eigenvalue weighted by atomic mass is 10.1. The van der Waals surface area contributed by atoms with E-state index in [9.17, 15) is 13.6 Å². The maximum absolute atomic E-state index is 13.4. The summed E-state index contributed by atoms with van der Waals surface area (Å²) in [6.07, 6.45) is 1.24. The Kier molecular flexibility index (Phi) is 6.07. The molecule has 0 heterocycles. The van der Waals surface area contributed by atoms with Gasteiger partial charge in [0.1, 0.15) is 11.6 Å². The molecule has 0 saturated heterocycles. The zero-order chi connectivity index (χ0) is 15.9. The Morgan fingerprint density at radius 1 is 1.05 bits per heavy atom. The minimum Gasteiger partial charge on any atom is -0.356 e. The summed E-state index contributed by atoms with van der Waals surface area (Å²) in [4.78, 5) is 11.7. The van der Waals surface area contributed by atoms with Crippen LogP contribution in [0.5, 0.6) is 0 Å². The van der Waals surface area contributed by atoms with Crippen LogP contribution in [0.2, 0.25) is 0 Å². The van der Waals surface area contributed by atoms with Crippen molar-refractivity contribution in [3.05, 3.63) is 69.7 Å². The van der Waals surface area contributed by atoms with E-state index in [1.54, 1.807) is 30.3 Å². The molecule has 1 amide bonds. The van der Waals surface area contributed by atoms with Crippen LogP contribution in [0, 0.1) is 11.6 Å². The zero-order valence-corrected chi connectivity index (χ0v) is 13.5. The molecule has 116 valence electrons. The largest absolute Gasteiger partial charge is 0.356 e. The molecule has 0 aliphatic carbocycles. The molecule has 2 aromatic carbocycles. The minimum atomic E-state index is -0.308. The van der Waals surface area contributed by atoms with E-state index in [2.05, 4.69) is 21.2 Å². The Hall–Kier alpha value is -1.75. The van der Waals surface area contributed by atoms with Crippen molar-refractivity contribution >= 4 is 21.8 Å². The predicted octanol–water partition coefficient (Wildman–Crippen LogP) is 4.02. The maximum atomic E-state index is 13.4. The first-order chi connectivity index (χ1) is 10.6. The van der Waals surface area contributed by atoms with Crippen molar-refractivity contribution in [1.29, 1.82) is 0 Å². The molecule has 0 radical (unpaired) electrons. The minimum absolute atomic E-state index is 0.121. The van der Waals surface area contributed by atoms with Gasteiger partial charge in [-0.3, -0.25) is 4.79 Å². The second-order valence-corrected chi connectivity index (χ2v) is 5.79. The fraction of sp³-hybridized carbons (Fsp3) is 0.235. The number of aryl methyl sites for hydroxylation is 1. The van der Waals surface area contributed by atoms with Gasteiger partial charge >= 0.3 is 0 Å². The molecule has 1 N–H and O–H groups in total. The molecule has 0 bridgehead atoms. The van der Waals surface area contributed by atoms with Crippen LogP contribution in [0.3, 0.4) is 0 Å². The molecule has 2 nitrogen and oxygen atoms in total. The molecule has 0 spiro atoms. The van der Waals surface area contributed by atoms with E-state index in [4.69, 9.17) is 0 Å². The number of nitrogens with one attached hydrogen (secondary N) is 1. The number of carbonyl (C=O) groups is 1. The van der Waals surface area contributed by atoms with E-state index in [0.29, 0.717) is 29.4 Å². The Morgan fingerprint density at radius 3 is 2.55 bits per heavy atom. The Bertz CT molecular complexity index is 661. The summed E-state index contributed by atoms with van der Waals surface area (Å²) < 4.78 is 26.9. The lowest BCUT2D eigenvalue weighted by Gasteiger charge is -2.07. The van der Waals surface area contributed by atoms with Gasteiger partial charge in [-0.15, -0.1) is 0 Å². The second kappa shape index (κ2) is 8.03. The molecular weight excluding hydrogens is 352 g/mol. The van der Waals surface area contributed by atoms with Crippen molar-refractivity contribution in [3.63, 3.8) is 0 Å². The topological polar surface area (TPSA) is 29.1 Å². The van der Waals surface area contributed by atoms with Crippen molar-refractivity contribution in [2.24, 2.45) is 0 Å². The maximum Gasteiger partial charge on any atom is 0.220 e. The average Bonchev–Trinajstić information content (AvgIpc) is 2.50. The smallest absolute Gasteiger partial charge is 0.220 e. The number of benzene rings is 2. The van der Waals surface area contributed by atoms with Gasteiger partial charge in [0.05, 0.1) is 4.47 Å². The molecule has 0 aromatic heterocycles. The number of halogens is 3. The van der Waals surface area contributed by atoms with Gasteiger partial charge in [-0.25, -0.2) is 8.78 Å². The van der Waals surface area contributed by atoms with Gasteiger partial charge < -0.3 is 5.32 Å². The highest BCUT2D eigenvalue weighted by Gasteiger charge is 2.06. The van der Waals surface area contributed by atoms with Gasteiger partial charge in [0.25, 0.3) is 0 Å². The van der Waals surface area contributed by atoms with Crippen LogP contribution in [0.15, 0.2) is 46.9 Å². The van der Waals surface area contributed by atoms with Crippen molar-refractivity contribution < 1.29 is 13.6 Å². The van der Waals surface area contributed by atoms with E-state index < -0.39 is 0 Å². The Balaban J connectivity index is 1.74. The molecule has 0 aliphatic heterocycles. The van der Waals surface area contributed by atoms with E-state index in [-0.39, 0.29) is 24.0 Å². The molecule has 0 aliphatic rings. The number of amides is 1. The molecule has 0 atom stereocenters. The Morgan fingerprint density at radius 2 is 1.82 bits per heavy atom. The first kappa shape index (κ1) is 16.6. The molecular formula is C17H16BrF2NO. The first-order valence-corrected chi connectivity index (χ1v) is 7.79. The van der Waals surface area contributed by atoms with Crippen molar-refractivity contribution in [2.45, 2.75) is 19.3 Å². The molecule has 22 heavy (non-hydrogen) atoms. The lowest BCUT2D eigenvalue weighted by Crippen LogP contribution is -2.26. The average molecular weight is 368 g/mol. The third-order valence-electron chi connectivity index (χ3n) is 3.30. The van der Waals surface area contributed by atoms with Crippen LogP contribution in [0.4, 0.5) is 8.78 Å². The van der Waals surface area contributed by atoms with Gasteiger partial charge in [0.2, 0.25) is 5.91 Å². The molecule has 0 fully saturated rings. The number of hydrogen-bond acceptors (Lipinski definition) is 1. The predicted molar refractivity (Wildman–Crippen MR) is 85.5 cm³/mol. The van der Waals surface area contributed by atoms with Crippen LogP contribution in [-0.4, -0.2) is 12.5 Å². The monoisotopic (exact) mass is 367 g/mol. The third-order valence-corrected chi connectivity index (χ3v) is 3.91. The van der Waals surface area contributed by atoms with Crippen LogP contribution < -0.4 is 5.32 Å². The SMILES string of the molecule is O=C(CCc1ccccc1F)NCCc1ccc(F)c(Br)c1. The molecule has 5 heteroatoms. The van der Waals surface area contributed by atoms with Gasteiger partial charge in [-0.1, -0.05) is 24.3 Å². The van der Waals surface area contributed by atoms with E-state index >= 15 is 0 Å². The summed E-state index contributed by atoms with van der Waals surface area (Å²) in [7, 11) is 0. The highest BCUT2D eigenvalue weighted by atomic mass is 79.9. The quantitative estimate of drug-likeness (QED) is 0.820. The summed E-state index contributed by atoms with van der Waals surface area (Å²) in [5.74, 6) is -0.714. The highest BCUT2D eigenvalue weighted by molar-refractivity contribution is 9.10. The summed E-state index contributed by atoms with van der Waals surface area (Å²) >= 11 is 3.13. The number of carbonyl (C=O) groups excluding carboxylic acids is 1. The fourth-order valence-corrected chi connectivity index (χ4v) is 2.51. The van der Waals surface area contributed by atoms with Crippen LogP contribution in [0.25, 0.3) is 0 Å². The standard InChI is InChI=1S/C17H16BrF2NO/c18-14-11-12(5-7-16(14)20)9-10-21-17(22)8-6-13-3-1-2-4-15(13)19/h1-5,7,11H,6,8-10H2,(H,21,22). The molecule has 2 rings (SSSR count). The summed E-state index contributed by atoms with van der Waals surface area (Å²) in [6.45, 7) is 0.466. The fourth-order valence-electron chi connectivity index (χ4n) is 2.08. The van der Waals surface area contributed by atoms with E-state index in [1.807, 2.05) is 0 Å². The van der Waals surface area contributed by atoms with Gasteiger partial charge in [0, 0.05) is 13.0 Å². The van der Waals surface area contributed by atoms with Crippen molar-refractivity contribution in [2.75, 3.05) is 6.54 Å². The molecule has 0 unspecified atom stereocenters. The third kappa shape index (κ3) is 4.91. The van der Waals surface area contributed by atoms with Crippen molar-refractivity contribution in [1.82, 2.24) is 5.32 Å². The molecule has 2 aromatic rings. The van der Waals surface area contributed by atoms with E-state index in [0.717, 1.165) is 5.56 Å². The van der Waals surface area contributed by atoms with Gasteiger partial charge in [-0.05, 0) is 58.1 Å². The van der Waals surface area contributed by atoms with Gasteiger partial charge in [0.15, 0.2) is 0 Å². The zero-order valence-electron chi connectivity index (χ0n) is 11.9. The van der Waals surface area contributed by atoms with Crippen LogP contribution in [0.1, 0.15) is 17.5 Å². The lowest BCUT2D eigenvalue weighted by molar-refractivity contribution is -0.121. The summed E-state index contributed by atoms with van der Waals surface area (Å²) in [6, 6.07) is 11.2. The number of rotatable bonds is 6. The normalized spacial score (nSPS) is 10.5. The first-order valence-electron chi connectivity index (χ1n) is 7.00. The highest BCUT2D eigenvalue weighted by Crippen LogP contribution is 2.17. The second-order valence-electron chi connectivity index (χ2n) is 4.94.